The molecule has 0 radical (unpaired) electrons. The molecule has 0 aromatic heterocycles. The minimum Gasteiger partial charge on any atom is -0.390 e. The number of nitrogens with two attached hydrogens (primary N) is 1. The average molecular weight is 205 g/mol. The second-order valence-corrected chi connectivity index (χ2v) is 2.92. The maximum atomic E-state index is 10.4. The van der Waals surface area contributed by atoms with Crippen LogP contribution in [0.5, 0.6) is 0 Å². The first-order chi connectivity index (χ1) is 6.41. The van der Waals surface area contributed by atoms with Crippen LogP contribution in [0.3, 0.4) is 0 Å². The van der Waals surface area contributed by atoms with Crippen molar-refractivity contribution in [1.29, 1.82) is 0 Å². The summed E-state index contributed by atoms with van der Waals surface area (Å²) in [5.41, 5.74) is 4.69. The Morgan fingerprint density at radius 3 is 2.14 bits per heavy atom. The van der Waals surface area contributed by atoms with E-state index >= 15 is 0 Å². The Kier molecular flexibility index (Phi) is 5.32. The molecule has 0 rings (SSSR count). The lowest BCUT2D eigenvalue weighted by atomic mass is 10.0. The molecule has 0 aliphatic rings. The Morgan fingerprint density at radius 1 is 1.29 bits per heavy atom. The number of hydrogen-bond donors (Lipinski definition) is 5. The van der Waals surface area contributed by atoms with E-state index in [4.69, 9.17) is 10.2 Å². The molecule has 82 valence electrons. The van der Waals surface area contributed by atoms with Crippen LogP contribution in [0.2, 0.25) is 0 Å². The van der Waals surface area contributed by atoms with Gasteiger partial charge in [-0.1, -0.05) is 6.08 Å². The van der Waals surface area contributed by atoms with Crippen LogP contribution in [0.1, 0.15) is 6.42 Å². The summed E-state index contributed by atoms with van der Waals surface area (Å²) in [6.07, 6.45) is -5.28. The average Bonchev–Trinajstić information content (AvgIpc) is 2.14. The SMILES string of the molecule is C=CCC(O)[C@H](O)[C@@H](O)[C@H](O)C(N)=O. The van der Waals surface area contributed by atoms with E-state index in [1.807, 2.05) is 0 Å². The van der Waals surface area contributed by atoms with Gasteiger partial charge in [0.1, 0.15) is 12.2 Å². The fourth-order valence-electron chi connectivity index (χ4n) is 0.893. The molecule has 0 aromatic carbocycles. The van der Waals surface area contributed by atoms with Crippen LogP contribution in [0, 0.1) is 0 Å². The van der Waals surface area contributed by atoms with Crippen molar-refractivity contribution in [2.75, 3.05) is 0 Å². The lowest BCUT2D eigenvalue weighted by Gasteiger charge is -2.24. The van der Waals surface area contributed by atoms with Gasteiger partial charge in [0, 0.05) is 0 Å². The summed E-state index contributed by atoms with van der Waals surface area (Å²) in [6, 6.07) is 0. The number of rotatable bonds is 6. The monoisotopic (exact) mass is 205 g/mol. The summed E-state index contributed by atoms with van der Waals surface area (Å²) in [4.78, 5) is 10.4. The summed E-state index contributed by atoms with van der Waals surface area (Å²) >= 11 is 0. The van der Waals surface area contributed by atoms with Crippen molar-refractivity contribution in [3.63, 3.8) is 0 Å². The van der Waals surface area contributed by atoms with E-state index in [9.17, 15) is 15.0 Å². The number of aliphatic hydroxyl groups excluding tert-OH is 4. The Labute approximate surface area is 81.3 Å². The molecule has 0 spiro atoms. The Morgan fingerprint density at radius 2 is 1.79 bits per heavy atom. The van der Waals surface area contributed by atoms with E-state index in [0.29, 0.717) is 0 Å². The molecular weight excluding hydrogens is 190 g/mol. The summed E-state index contributed by atoms with van der Waals surface area (Å²) in [6.45, 7) is 3.32. The fourth-order valence-corrected chi connectivity index (χ4v) is 0.893. The topological polar surface area (TPSA) is 124 Å². The highest BCUT2D eigenvalue weighted by Gasteiger charge is 2.32. The Balaban J connectivity index is 4.29. The van der Waals surface area contributed by atoms with Crippen molar-refractivity contribution in [3.05, 3.63) is 12.7 Å². The third kappa shape index (κ3) is 3.43. The molecule has 0 saturated heterocycles. The number of carbonyl (C=O) groups is 1. The fraction of sp³-hybridized carbons (Fsp3) is 0.625. The molecule has 1 amide bonds. The molecule has 0 fully saturated rings. The molecule has 0 aliphatic carbocycles. The second-order valence-electron chi connectivity index (χ2n) is 2.92. The zero-order chi connectivity index (χ0) is 11.3. The van der Waals surface area contributed by atoms with Gasteiger partial charge < -0.3 is 26.2 Å². The first-order valence-corrected chi connectivity index (χ1v) is 4.04. The molecular formula is C8H15NO5. The molecule has 6 nitrogen and oxygen atoms in total. The molecule has 0 bridgehead atoms. The maximum Gasteiger partial charge on any atom is 0.249 e. The Hall–Kier alpha value is -0.950. The zero-order valence-corrected chi connectivity index (χ0v) is 7.58. The minimum atomic E-state index is -1.90. The van der Waals surface area contributed by atoms with Crippen molar-refractivity contribution in [1.82, 2.24) is 0 Å². The van der Waals surface area contributed by atoms with Gasteiger partial charge in [0.2, 0.25) is 5.91 Å². The van der Waals surface area contributed by atoms with Gasteiger partial charge in [-0.25, -0.2) is 0 Å². The number of carbonyl (C=O) groups excluding carboxylic acids is 1. The van der Waals surface area contributed by atoms with E-state index in [-0.39, 0.29) is 6.42 Å². The van der Waals surface area contributed by atoms with Crippen molar-refractivity contribution in [3.8, 4) is 0 Å². The molecule has 0 aliphatic heterocycles. The number of hydrogen-bond acceptors (Lipinski definition) is 5. The van der Waals surface area contributed by atoms with Crippen LogP contribution < -0.4 is 5.73 Å². The quantitative estimate of drug-likeness (QED) is 0.306. The second kappa shape index (κ2) is 5.71. The van der Waals surface area contributed by atoms with Crippen molar-refractivity contribution in [2.45, 2.75) is 30.8 Å². The highest BCUT2D eigenvalue weighted by atomic mass is 16.4. The molecule has 0 heterocycles. The zero-order valence-electron chi connectivity index (χ0n) is 7.58. The number of amides is 1. The first-order valence-electron chi connectivity index (χ1n) is 4.04. The van der Waals surface area contributed by atoms with Gasteiger partial charge in [0.05, 0.1) is 6.10 Å². The smallest absolute Gasteiger partial charge is 0.249 e. The van der Waals surface area contributed by atoms with Crippen molar-refractivity contribution in [2.24, 2.45) is 5.73 Å². The normalized spacial score (nSPS) is 19.4. The van der Waals surface area contributed by atoms with Gasteiger partial charge in [-0.05, 0) is 6.42 Å². The molecule has 6 heteroatoms. The standard InChI is InChI=1S/C8H15NO5/c1-2-3-4(10)5(11)6(12)7(13)8(9)14/h2,4-7,10-13H,1,3H2,(H2,9,14)/t4?,5-,6+,7-/m0/s1. The lowest BCUT2D eigenvalue weighted by Crippen LogP contribution is -2.49. The number of aliphatic hydroxyl groups is 4. The maximum absolute atomic E-state index is 10.4. The van der Waals surface area contributed by atoms with Crippen LogP contribution >= 0.6 is 0 Å². The summed E-state index contributed by atoms with van der Waals surface area (Å²) in [7, 11) is 0. The number of primary amides is 1. The molecule has 0 aromatic rings. The minimum absolute atomic E-state index is 0.0315. The third-order valence-electron chi connectivity index (χ3n) is 1.77. The van der Waals surface area contributed by atoms with Gasteiger partial charge >= 0.3 is 0 Å². The summed E-state index contributed by atoms with van der Waals surface area (Å²) in [5.74, 6) is -1.16. The van der Waals surface area contributed by atoms with Gasteiger partial charge in [0.15, 0.2) is 6.10 Å². The Bertz CT molecular complexity index is 208. The molecule has 1 unspecified atom stereocenters. The van der Waals surface area contributed by atoms with E-state index in [1.165, 1.54) is 6.08 Å². The van der Waals surface area contributed by atoms with Crippen LogP contribution in [0.15, 0.2) is 12.7 Å². The van der Waals surface area contributed by atoms with E-state index in [1.54, 1.807) is 0 Å². The first kappa shape index (κ1) is 13.1. The van der Waals surface area contributed by atoms with E-state index < -0.39 is 30.3 Å². The highest BCUT2D eigenvalue weighted by molar-refractivity contribution is 5.79. The van der Waals surface area contributed by atoms with Gasteiger partial charge in [-0.2, -0.15) is 0 Å². The van der Waals surface area contributed by atoms with E-state index in [0.717, 1.165) is 0 Å². The summed E-state index contributed by atoms with van der Waals surface area (Å²) in [5, 5.41) is 36.5. The van der Waals surface area contributed by atoms with Crippen LogP contribution in [0.25, 0.3) is 0 Å². The van der Waals surface area contributed by atoms with Gasteiger partial charge in [-0.15, -0.1) is 6.58 Å². The predicted octanol–water partition coefficient (Wildman–Crippen LogP) is -2.51. The summed E-state index contributed by atoms with van der Waals surface area (Å²) < 4.78 is 0. The molecule has 14 heavy (non-hydrogen) atoms. The van der Waals surface area contributed by atoms with E-state index in [2.05, 4.69) is 12.3 Å². The van der Waals surface area contributed by atoms with Crippen molar-refractivity contribution < 1.29 is 25.2 Å². The molecule has 6 N–H and O–H groups in total. The third-order valence-corrected chi connectivity index (χ3v) is 1.77. The van der Waals surface area contributed by atoms with Gasteiger partial charge in [-0.3, -0.25) is 4.79 Å². The highest BCUT2D eigenvalue weighted by Crippen LogP contribution is 2.07. The largest absolute Gasteiger partial charge is 0.390 e. The van der Waals surface area contributed by atoms with Crippen molar-refractivity contribution >= 4 is 5.91 Å². The molecule has 4 atom stereocenters. The van der Waals surface area contributed by atoms with Gasteiger partial charge in [0.25, 0.3) is 0 Å². The molecule has 0 saturated carbocycles. The van der Waals surface area contributed by atoms with Crippen LogP contribution in [-0.4, -0.2) is 50.7 Å². The van der Waals surface area contributed by atoms with Crippen LogP contribution in [0.4, 0.5) is 0 Å². The van der Waals surface area contributed by atoms with Crippen LogP contribution in [-0.2, 0) is 4.79 Å². The predicted molar refractivity (Wildman–Crippen MR) is 48.0 cm³/mol. The lowest BCUT2D eigenvalue weighted by molar-refractivity contribution is -0.143.